The zero-order valence-corrected chi connectivity index (χ0v) is 18.6. The van der Waals surface area contributed by atoms with Crippen molar-refractivity contribution in [1.82, 2.24) is 16.0 Å². The number of carboxylic acid groups (broad SMARTS) is 2. The van der Waals surface area contributed by atoms with Gasteiger partial charge in [-0.1, -0.05) is 20.3 Å². The van der Waals surface area contributed by atoms with Gasteiger partial charge in [-0.15, -0.1) is 0 Å². The minimum atomic E-state index is -1.61. The molecule has 7 atom stereocenters. The van der Waals surface area contributed by atoms with Crippen molar-refractivity contribution in [3.8, 4) is 0 Å². The van der Waals surface area contributed by atoms with E-state index < -0.39 is 78.4 Å². The van der Waals surface area contributed by atoms with E-state index in [1.807, 2.05) is 0 Å². The van der Waals surface area contributed by atoms with Gasteiger partial charge < -0.3 is 42.1 Å². The van der Waals surface area contributed by atoms with Crippen LogP contribution < -0.4 is 21.7 Å². The lowest BCUT2D eigenvalue weighted by Gasteiger charge is -2.28. The highest BCUT2D eigenvalue weighted by atomic mass is 16.4. The molecule has 13 nitrogen and oxygen atoms in total. The molecule has 0 aliphatic heterocycles. The van der Waals surface area contributed by atoms with E-state index in [9.17, 15) is 34.2 Å². The Labute approximate surface area is 185 Å². The number of rotatable bonds is 14. The Bertz CT molecular complexity index is 684. The molecule has 9 N–H and O–H groups in total. The lowest BCUT2D eigenvalue weighted by atomic mass is 9.96. The van der Waals surface area contributed by atoms with Crippen LogP contribution in [0, 0.1) is 5.92 Å². The highest BCUT2D eigenvalue weighted by Crippen LogP contribution is 2.10. The lowest BCUT2D eigenvalue weighted by molar-refractivity contribution is -0.145. The number of carbonyl (C=O) groups is 5. The van der Waals surface area contributed by atoms with E-state index in [-0.39, 0.29) is 6.42 Å². The van der Waals surface area contributed by atoms with E-state index >= 15 is 0 Å². The Morgan fingerprint density at radius 3 is 1.75 bits per heavy atom. The largest absolute Gasteiger partial charge is 0.481 e. The van der Waals surface area contributed by atoms with E-state index in [4.69, 9.17) is 15.9 Å². The number of carboxylic acids is 2. The average molecular weight is 463 g/mol. The maximum Gasteiger partial charge on any atom is 0.328 e. The maximum absolute atomic E-state index is 12.8. The first kappa shape index (κ1) is 29.2. The van der Waals surface area contributed by atoms with Crippen LogP contribution in [0.5, 0.6) is 0 Å². The summed E-state index contributed by atoms with van der Waals surface area (Å²) >= 11 is 0. The second-order valence-electron chi connectivity index (χ2n) is 7.70. The van der Waals surface area contributed by atoms with Gasteiger partial charge in [0.05, 0.1) is 12.2 Å². The minimum absolute atomic E-state index is 0.320. The zero-order valence-electron chi connectivity index (χ0n) is 18.6. The topological polar surface area (TPSA) is 228 Å². The second-order valence-corrected chi connectivity index (χ2v) is 7.70. The molecular weight excluding hydrogens is 428 g/mol. The standard InChI is InChI=1S/C19H34N4O9/c1-5-8(2)14(18(30)23-15(10(4)25)19(31)32)22-16(28)11(6-7-12(26)27)21-17(29)13(20)9(3)24/h8-11,13-15,24-25H,5-7,20H2,1-4H3,(H,21,29)(H,22,28)(H,23,30)(H,26,27)(H,31,32). The van der Waals surface area contributed by atoms with Gasteiger partial charge in [-0.3, -0.25) is 19.2 Å². The van der Waals surface area contributed by atoms with Gasteiger partial charge in [-0.25, -0.2) is 4.79 Å². The summed E-state index contributed by atoms with van der Waals surface area (Å²) in [6.07, 6.45) is -3.03. The molecule has 0 fully saturated rings. The molecule has 0 aromatic heterocycles. The van der Waals surface area contributed by atoms with Crippen molar-refractivity contribution in [2.24, 2.45) is 11.7 Å². The molecule has 3 amide bonds. The molecule has 0 aromatic rings. The Balaban J connectivity index is 5.62. The van der Waals surface area contributed by atoms with Crippen molar-refractivity contribution in [3.63, 3.8) is 0 Å². The van der Waals surface area contributed by atoms with E-state index in [1.165, 1.54) is 13.8 Å². The fourth-order valence-corrected chi connectivity index (χ4v) is 2.61. The van der Waals surface area contributed by atoms with Crippen molar-refractivity contribution in [2.75, 3.05) is 0 Å². The Hall–Kier alpha value is -2.77. The minimum Gasteiger partial charge on any atom is -0.481 e. The fourth-order valence-electron chi connectivity index (χ4n) is 2.61. The number of aliphatic carboxylic acids is 2. The van der Waals surface area contributed by atoms with E-state index in [1.54, 1.807) is 13.8 Å². The van der Waals surface area contributed by atoms with Gasteiger partial charge in [-0.2, -0.15) is 0 Å². The van der Waals surface area contributed by atoms with Crippen molar-refractivity contribution < 1.29 is 44.4 Å². The molecule has 0 saturated carbocycles. The van der Waals surface area contributed by atoms with Crippen molar-refractivity contribution >= 4 is 29.7 Å². The average Bonchev–Trinajstić information content (AvgIpc) is 2.70. The smallest absolute Gasteiger partial charge is 0.328 e. The van der Waals surface area contributed by atoms with Crippen LogP contribution in [0.1, 0.15) is 47.0 Å². The van der Waals surface area contributed by atoms with Crippen LogP contribution in [0.2, 0.25) is 0 Å². The second kappa shape index (κ2) is 13.6. The highest BCUT2D eigenvalue weighted by Gasteiger charge is 2.34. The Morgan fingerprint density at radius 2 is 1.34 bits per heavy atom. The predicted molar refractivity (Wildman–Crippen MR) is 111 cm³/mol. The third-order valence-corrected chi connectivity index (χ3v) is 4.94. The first-order valence-electron chi connectivity index (χ1n) is 10.2. The summed E-state index contributed by atoms with van der Waals surface area (Å²) in [4.78, 5) is 59.8. The number of hydrogen-bond acceptors (Lipinski definition) is 8. The summed E-state index contributed by atoms with van der Waals surface area (Å²) in [6, 6.07) is -5.60. The molecule has 0 aromatic carbocycles. The molecule has 184 valence electrons. The summed E-state index contributed by atoms with van der Waals surface area (Å²) in [6.45, 7) is 5.79. The molecule has 0 spiro atoms. The molecular formula is C19H34N4O9. The summed E-state index contributed by atoms with van der Waals surface area (Å²) < 4.78 is 0. The van der Waals surface area contributed by atoms with Crippen LogP contribution in [0.3, 0.4) is 0 Å². The van der Waals surface area contributed by atoms with Gasteiger partial charge in [-0.05, 0) is 26.2 Å². The molecule has 0 bridgehead atoms. The lowest BCUT2D eigenvalue weighted by Crippen LogP contribution is -2.60. The van der Waals surface area contributed by atoms with Gasteiger partial charge in [0, 0.05) is 6.42 Å². The van der Waals surface area contributed by atoms with Crippen molar-refractivity contribution in [1.29, 1.82) is 0 Å². The number of hydrogen-bond donors (Lipinski definition) is 8. The van der Waals surface area contributed by atoms with Crippen LogP contribution in [0.4, 0.5) is 0 Å². The number of nitrogens with two attached hydrogens (primary N) is 1. The van der Waals surface area contributed by atoms with Gasteiger partial charge in [0.25, 0.3) is 0 Å². The fraction of sp³-hybridized carbons (Fsp3) is 0.737. The molecule has 0 aliphatic carbocycles. The van der Waals surface area contributed by atoms with Gasteiger partial charge in [0.15, 0.2) is 6.04 Å². The first-order valence-corrected chi connectivity index (χ1v) is 10.2. The number of carbonyl (C=O) groups excluding carboxylic acids is 3. The summed E-state index contributed by atoms with van der Waals surface area (Å²) in [5, 5.41) is 44.0. The summed E-state index contributed by atoms with van der Waals surface area (Å²) in [7, 11) is 0. The SMILES string of the molecule is CCC(C)C(NC(=O)C(CCC(=O)O)NC(=O)C(N)C(C)O)C(=O)NC(C(=O)O)C(C)O. The molecule has 0 radical (unpaired) electrons. The molecule has 0 aliphatic rings. The number of amides is 3. The first-order chi connectivity index (χ1) is 14.7. The van der Waals surface area contributed by atoms with Crippen LogP contribution in [-0.4, -0.2) is 86.5 Å². The monoisotopic (exact) mass is 462 g/mol. The number of nitrogens with one attached hydrogen (secondary N) is 3. The molecule has 13 heteroatoms. The van der Waals surface area contributed by atoms with Crippen molar-refractivity contribution in [3.05, 3.63) is 0 Å². The van der Waals surface area contributed by atoms with Gasteiger partial charge in [0.1, 0.15) is 18.1 Å². The number of aliphatic hydroxyl groups is 2. The third kappa shape index (κ3) is 9.58. The van der Waals surface area contributed by atoms with E-state index in [2.05, 4.69) is 16.0 Å². The Kier molecular flexibility index (Phi) is 12.4. The third-order valence-electron chi connectivity index (χ3n) is 4.94. The summed E-state index contributed by atoms with van der Waals surface area (Å²) in [5.74, 6) is -5.82. The van der Waals surface area contributed by atoms with Crippen molar-refractivity contribution in [2.45, 2.75) is 83.3 Å². The number of aliphatic hydroxyl groups excluding tert-OH is 2. The zero-order chi connectivity index (χ0) is 25.2. The van der Waals surface area contributed by atoms with Gasteiger partial charge in [0.2, 0.25) is 17.7 Å². The normalized spacial score (nSPS) is 17.6. The Morgan fingerprint density at radius 1 is 0.812 bits per heavy atom. The molecule has 7 unspecified atom stereocenters. The van der Waals surface area contributed by atoms with Crippen LogP contribution in [0.25, 0.3) is 0 Å². The van der Waals surface area contributed by atoms with E-state index in [0.717, 1.165) is 0 Å². The van der Waals surface area contributed by atoms with Crippen LogP contribution in [0.15, 0.2) is 0 Å². The molecule has 0 rings (SSSR count). The maximum atomic E-state index is 12.8. The van der Waals surface area contributed by atoms with Crippen LogP contribution >= 0.6 is 0 Å². The molecule has 32 heavy (non-hydrogen) atoms. The summed E-state index contributed by atoms with van der Waals surface area (Å²) in [5.41, 5.74) is 5.54. The van der Waals surface area contributed by atoms with Crippen LogP contribution in [-0.2, 0) is 24.0 Å². The predicted octanol–water partition coefficient (Wildman–Crippen LogP) is -2.47. The highest BCUT2D eigenvalue weighted by molar-refractivity contribution is 5.94. The molecule has 0 saturated heterocycles. The molecule has 0 heterocycles. The van der Waals surface area contributed by atoms with Gasteiger partial charge >= 0.3 is 11.9 Å². The quantitative estimate of drug-likeness (QED) is 0.135. The van der Waals surface area contributed by atoms with E-state index in [0.29, 0.717) is 6.42 Å².